The van der Waals surface area contributed by atoms with Gasteiger partial charge in [-0.2, -0.15) is 15.0 Å². The highest BCUT2D eigenvalue weighted by Gasteiger charge is 2.24. The summed E-state index contributed by atoms with van der Waals surface area (Å²) in [4.78, 5) is 15.9. The average molecular weight is 271 g/mol. The molecule has 1 amide bonds. The van der Waals surface area contributed by atoms with E-state index in [9.17, 15) is 4.79 Å². The van der Waals surface area contributed by atoms with Crippen LogP contribution in [0, 0.1) is 0 Å². The quantitative estimate of drug-likeness (QED) is 0.877. The standard InChI is InChI=1S/C14H17N5O/c15-11-4-3-9-18(10-11)14(20)12-5-1-2-6-13(12)19-16-7-8-17-19/h1-2,5-8,11H,3-4,9-10,15H2. The van der Waals surface area contributed by atoms with Crippen LogP contribution in [-0.2, 0) is 0 Å². The first kappa shape index (κ1) is 12.8. The fraction of sp³-hybridized carbons (Fsp3) is 0.357. The Balaban J connectivity index is 1.92. The molecule has 6 nitrogen and oxygen atoms in total. The van der Waals surface area contributed by atoms with Crippen LogP contribution in [0.2, 0.25) is 0 Å². The van der Waals surface area contributed by atoms with Crippen LogP contribution in [-0.4, -0.2) is 44.9 Å². The molecule has 1 aliphatic heterocycles. The van der Waals surface area contributed by atoms with Crippen LogP contribution >= 0.6 is 0 Å². The van der Waals surface area contributed by atoms with Crippen molar-refractivity contribution in [2.24, 2.45) is 5.73 Å². The third kappa shape index (κ3) is 2.42. The third-order valence-electron chi connectivity index (χ3n) is 3.51. The van der Waals surface area contributed by atoms with Crippen LogP contribution in [0.3, 0.4) is 0 Å². The molecule has 2 aromatic rings. The van der Waals surface area contributed by atoms with Gasteiger partial charge in [0.1, 0.15) is 0 Å². The number of rotatable bonds is 2. The molecule has 1 aromatic heterocycles. The summed E-state index contributed by atoms with van der Waals surface area (Å²) in [6.45, 7) is 1.37. The van der Waals surface area contributed by atoms with Crippen LogP contribution in [0.5, 0.6) is 0 Å². The maximum atomic E-state index is 12.7. The highest BCUT2D eigenvalue weighted by molar-refractivity contribution is 5.97. The summed E-state index contributed by atoms with van der Waals surface area (Å²) in [5.41, 5.74) is 7.25. The minimum atomic E-state index is -0.00644. The van der Waals surface area contributed by atoms with Crippen LogP contribution in [0.25, 0.3) is 5.69 Å². The Labute approximate surface area is 117 Å². The molecular weight excluding hydrogens is 254 g/mol. The Bertz CT molecular complexity index is 595. The molecule has 0 aliphatic carbocycles. The molecule has 0 bridgehead atoms. The summed E-state index contributed by atoms with van der Waals surface area (Å²) >= 11 is 0. The van der Waals surface area contributed by atoms with E-state index in [0.717, 1.165) is 19.4 Å². The Kier molecular flexibility index (Phi) is 3.47. The van der Waals surface area contributed by atoms with Gasteiger partial charge in [-0.15, -0.1) is 0 Å². The topological polar surface area (TPSA) is 77.0 Å². The Hall–Kier alpha value is -2.21. The number of para-hydroxylation sites is 1. The highest BCUT2D eigenvalue weighted by atomic mass is 16.2. The lowest BCUT2D eigenvalue weighted by Gasteiger charge is -2.31. The number of aromatic nitrogens is 3. The number of nitrogens with zero attached hydrogens (tertiary/aromatic N) is 4. The van der Waals surface area contributed by atoms with Gasteiger partial charge < -0.3 is 10.6 Å². The van der Waals surface area contributed by atoms with Gasteiger partial charge in [-0.05, 0) is 25.0 Å². The predicted octanol–water partition coefficient (Wildman–Crippen LogP) is 0.831. The molecule has 1 atom stereocenters. The molecular formula is C14H17N5O. The van der Waals surface area contributed by atoms with Crippen molar-refractivity contribution < 1.29 is 4.79 Å². The van der Waals surface area contributed by atoms with Crippen molar-refractivity contribution in [3.63, 3.8) is 0 Å². The highest BCUT2D eigenvalue weighted by Crippen LogP contribution is 2.17. The minimum Gasteiger partial charge on any atom is -0.337 e. The normalized spacial score (nSPS) is 19.1. The number of amides is 1. The zero-order valence-electron chi connectivity index (χ0n) is 11.1. The smallest absolute Gasteiger partial charge is 0.256 e. The van der Waals surface area contributed by atoms with Crippen molar-refractivity contribution in [3.8, 4) is 5.69 Å². The maximum Gasteiger partial charge on any atom is 0.256 e. The van der Waals surface area contributed by atoms with Gasteiger partial charge in [-0.25, -0.2) is 0 Å². The second kappa shape index (κ2) is 5.42. The molecule has 0 saturated carbocycles. The summed E-state index contributed by atoms with van der Waals surface area (Å²) in [5, 5.41) is 8.20. The summed E-state index contributed by atoms with van der Waals surface area (Å²) < 4.78 is 0. The molecule has 0 spiro atoms. The zero-order valence-corrected chi connectivity index (χ0v) is 11.1. The first-order valence-electron chi connectivity index (χ1n) is 6.76. The summed E-state index contributed by atoms with van der Waals surface area (Å²) in [7, 11) is 0. The van der Waals surface area contributed by atoms with E-state index < -0.39 is 0 Å². The monoisotopic (exact) mass is 271 g/mol. The van der Waals surface area contributed by atoms with Crippen molar-refractivity contribution in [2.45, 2.75) is 18.9 Å². The summed E-state index contributed by atoms with van der Waals surface area (Å²) in [5.74, 6) is -0.00644. The van der Waals surface area contributed by atoms with E-state index in [-0.39, 0.29) is 11.9 Å². The lowest BCUT2D eigenvalue weighted by atomic mass is 10.0. The van der Waals surface area contributed by atoms with Gasteiger partial charge in [-0.1, -0.05) is 12.1 Å². The van der Waals surface area contributed by atoms with E-state index in [0.29, 0.717) is 17.8 Å². The van der Waals surface area contributed by atoms with Gasteiger partial charge in [0.05, 0.1) is 23.6 Å². The van der Waals surface area contributed by atoms with Crippen molar-refractivity contribution in [1.82, 2.24) is 19.9 Å². The zero-order chi connectivity index (χ0) is 13.9. The molecule has 1 saturated heterocycles. The maximum absolute atomic E-state index is 12.7. The number of piperidine rings is 1. The molecule has 2 N–H and O–H groups in total. The predicted molar refractivity (Wildman–Crippen MR) is 74.5 cm³/mol. The molecule has 2 heterocycles. The first-order chi connectivity index (χ1) is 9.75. The number of hydrogen-bond acceptors (Lipinski definition) is 4. The molecule has 20 heavy (non-hydrogen) atoms. The van der Waals surface area contributed by atoms with Crippen molar-refractivity contribution in [1.29, 1.82) is 0 Å². The molecule has 1 unspecified atom stereocenters. The Morgan fingerprint density at radius 1 is 1.25 bits per heavy atom. The fourth-order valence-corrected chi connectivity index (χ4v) is 2.53. The second-order valence-corrected chi connectivity index (χ2v) is 4.99. The van der Waals surface area contributed by atoms with E-state index in [1.807, 2.05) is 23.1 Å². The third-order valence-corrected chi connectivity index (χ3v) is 3.51. The van der Waals surface area contributed by atoms with Crippen LogP contribution in [0.4, 0.5) is 0 Å². The van der Waals surface area contributed by atoms with Crippen molar-refractivity contribution in [2.75, 3.05) is 13.1 Å². The molecule has 1 aliphatic rings. The second-order valence-electron chi connectivity index (χ2n) is 4.99. The fourth-order valence-electron chi connectivity index (χ4n) is 2.53. The minimum absolute atomic E-state index is 0.00644. The number of carbonyl (C=O) groups is 1. The first-order valence-corrected chi connectivity index (χ1v) is 6.76. The molecule has 1 aromatic carbocycles. The van der Waals surface area contributed by atoms with E-state index in [2.05, 4.69) is 10.2 Å². The SMILES string of the molecule is NC1CCCN(C(=O)c2ccccc2-n2nccn2)C1. The Morgan fingerprint density at radius 3 is 2.75 bits per heavy atom. The van der Waals surface area contributed by atoms with Gasteiger partial charge >= 0.3 is 0 Å². The van der Waals surface area contributed by atoms with Crippen LogP contribution in [0.1, 0.15) is 23.2 Å². The number of hydrogen-bond donors (Lipinski definition) is 1. The van der Waals surface area contributed by atoms with E-state index in [1.54, 1.807) is 18.5 Å². The van der Waals surface area contributed by atoms with E-state index >= 15 is 0 Å². The number of likely N-dealkylation sites (tertiary alicyclic amines) is 1. The summed E-state index contributed by atoms with van der Waals surface area (Å²) in [6.07, 6.45) is 5.12. The molecule has 6 heteroatoms. The van der Waals surface area contributed by atoms with Gasteiger partial charge in [0, 0.05) is 19.1 Å². The van der Waals surface area contributed by atoms with Gasteiger partial charge in [-0.3, -0.25) is 4.79 Å². The van der Waals surface area contributed by atoms with Crippen LogP contribution < -0.4 is 5.73 Å². The largest absolute Gasteiger partial charge is 0.337 e. The average Bonchev–Trinajstić information content (AvgIpc) is 3.00. The van der Waals surface area contributed by atoms with E-state index in [1.165, 1.54) is 4.80 Å². The van der Waals surface area contributed by atoms with Gasteiger partial charge in [0.25, 0.3) is 5.91 Å². The molecule has 3 rings (SSSR count). The van der Waals surface area contributed by atoms with Crippen molar-refractivity contribution in [3.05, 3.63) is 42.2 Å². The molecule has 104 valence electrons. The lowest BCUT2D eigenvalue weighted by Crippen LogP contribution is -2.45. The summed E-state index contributed by atoms with van der Waals surface area (Å²) in [6, 6.07) is 7.45. The number of benzene rings is 1. The molecule has 1 fully saturated rings. The van der Waals surface area contributed by atoms with Crippen LogP contribution in [0.15, 0.2) is 36.7 Å². The van der Waals surface area contributed by atoms with Gasteiger partial charge in [0.15, 0.2) is 0 Å². The molecule has 0 radical (unpaired) electrons. The number of carbonyl (C=O) groups excluding carboxylic acids is 1. The van der Waals surface area contributed by atoms with Crippen molar-refractivity contribution >= 4 is 5.91 Å². The van der Waals surface area contributed by atoms with Gasteiger partial charge in [0.2, 0.25) is 0 Å². The lowest BCUT2D eigenvalue weighted by molar-refractivity contribution is 0.0708. The number of nitrogens with two attached hydrogens (primary N) is 1. The van der Waals surface area contributed by atoms with E-state index in [4.69, 9.17) is 5.73 Å². The Morgan fingerprint density at radius 2 is 2.00 bits per heavy atom.